The first-order chi connectivity index (χ1) is 5.34. The van der Waals surface area contributed by atoms with E-state index >= 15 is 0 Å². The van der Waals surface area contributed by atoms with E-state index in [1.807, 2.05) is 0 Å². The highest BCUT2D eigenvalue weighted by Crippen LogP contribution is 1.98. The molecule has 0 aliphatic carbocycles. The van der Waals surface area contributed by atoms with E-state index < -0.39 is 0 Å². The molecule has 0 atom stereocenters. The predicted octanol–water partition coefficient (Wildman–Crippen LogP) is 0.00170. The fourth-order valence-electron chi connectivity index (χ4n) is 0.665. The summed E-state index contributed by atoms with van der Waals surface area (Å²) in [6.07, 6.45) is 2.78. The number of nitrogens with one attached hydrogen (secondary N) is 1. The maximum Gasteiger partial charge on any atom is 0.254 e. The zero-order valence-electron chi connectivity index (χ0n) is 5.91. The highest BCUT2D eigenvalue weighted by molar-refractivity contribution is 5.93. The molecule has 1 heterocycles. The summed E-state index contributed by atoms with van der Waals surface area (Å²) in [5.41, 5.74) is 0.471. The Labute approximate surface area is 63.8 Å². The molecule has 0 spiro atoms. The van der Waals surface area contributed by atoms with Gasteiger partial charge in [0.15, 0.2) is 0 Å². The first kappa shape index (κ1) is 7.81. The minimum absolute atomic E-state index is 0.0520. The summed E-state index contributed by atoms with van der Waals surface area (Å²) in [6, 6.07) is 1.56. The van der Waals surface area contributed by atoms with Crippen molar-refractivity contribution in [1.29, 1.82) is 0 Å². The molecule has 0 aliphatic rings. The lowest BCUT2D eigenvalue weighted by Gasteiger charge is -1.97. The number of amides is 1. The molecule has 0 saturated carbocycles. The van der Waals surface area contributed by atoms with Crippen molar-refractivity contribution in [2.45, 2.75) is 0 Å². The normalized spacial score (nSPS) is 9.55. The first-order valence-corrected chi connectivity index (χ1v) is 3.26. The zero-order chi connectivity index (χ0) is 8.10. The predicted molar refractivity (Wildman–Crippen MR) is 38.1 cm³/mol. The van der Waals surface area contributed by atoms with Gasteiger partial charge in [-0.1, -0.05) is 0 Å². The van der Waals surface area contributed by atoms with Crippen LogP contribution in [-0.2, 0) is 0 Å². The fourth-order valence-corrected chi connectivity index (χ4v) is 0.665. The molecular weight excluding hydrogens is 146 g/mol. The fraction of sp³-hybridized carbons (Fsp3) is 0.286. The third-order valence-corrected chi connectivity index (χ3v) is 1.18. The van der Waals surface area contributed by atoms with Crippen LogP contribution in [0.5, 0.6) is 0 Å². The summed E-state index contributed by atoms with van der Waals surface area (Å²) in [6.45, 7) is 0.216. The lowest BCUT2D eigenvalue weighted by atomic mass is 10.3. The van der Waals surface area contributed by atoms with Gasteiger partial charge in [0, 0.05) is 6.54 Å². The average Bonchev–Trinajstić information content (AvgIpc) is 2.52. The molecule has 11 heavy (non-hydrogen) atoms. The van der Waals surface area contributed by atoms with Crippen molar-refractivity contribution in [2.75, 3.05) is 13.2 Å². The zero-order valence-corrected chi connectivity index (χ0v) is 5.91. The van der Waals surface area contributed by atoms with E-state index in [2.05, 4.69) is 5.32 Å². The van der Waals surface area contributed by atoms with E-state index in [0.717, 1.165) is 0 Å². The molecule has 4 nitrogen and oxygen atoms in total. The largest absolute Gasteiger partial charge is 0.472 e. The van der Waals surface area contributed by atoms with Crippen LogP contribution in [0.4, 0.5) is 0 Å². The van der Waals surface area contributed by atoms with Gasteiger partial charge in [0.25, 0.3) is 5.91 Å². The van der Waals surface area contributed by atoms with Crippen LogP contribution in [0, 0.1) is 0 Å². The first-order valence-electron chi connectivity index (χ1n) is 3.26. The lowest BCUT2D eigenvalue weighted by Crippen LogP contribution is -2.25. The molecule has 2 N–H and O–H groups in total. The number of aliphatic hydroxyl groups excluding tert-OH is 1. The maximum absolute atomic E-state index is 11.0. The van der Waals surface area contributed by atoms with Crippen LogP contribution >= 0.6 is 0 Å². The van der Waals surface area contributed by atoms with Gasteiger partial charge in [-0.25, -0.2) is 0 Å². The van der Waals surface area contributed by atoms with Crippen molar-refractivity contribution in [1.82, 2.24) is 5.32 Å². The lowest BCUT2D eigenvalue weighted by molar-refractivity contribution is 0.0944. The topological polar surface area (TPSA) is 62.5 Å². The van der Waals surface area contributed by atoms with Gasteiger partial charge in [-0.15, -0.1) is 0 Å². The number of furan rings is 1. The second-order valence-electron chi connectivity index (χ2n) is 1.99. The molecule has 1 rings (SSSR count). The van der Waals surface area contributed by atoms with Crippen LogP contribution in [0.15, 0.2) is 23.0 Å². The van der Waals surface area contributed by atoms with Crippen LogP contribution in [0.2, 0.25) is 0 Å². The smallest absolute Gasteiger partial charge is 0.254 e. The highest BCUT2D eigenvalue weighted by Gasteiger charge is 2.03. The van der Waals surface area contributed by atoms with Crippen molar-refractivity contribution in [2.24, 2.45) is 0 Å². The van der Waals surface area contributed by atoms with Crippen LogP contribution < -0.4 is 5.32 Å². The minimum Gasteiger partial charge on any atom is -0.472 e. The molecular formula is C7H9NO3. The van der Waals surface area contributed by atoms with E-state index in [-0.39, 0.29) is 19.1 Å². The number of carbonyl (C=O) groups is 1. The molecule has 0 unspecified atom stereocenters. The van der Waals surface area contributed by atoms with Crippen molar-refractivity contribution >= 4 is 5.91 Å². The van der Waals surface area contributed by atoms with E-state index in [0.29, 0.717) is 5.56 Å². The molecule has 1 aromatic rings. The van der Waals surface area contributed by atoms with E-state index in [1.165, 1.54) is 12.5 Å². The summed E-state index contributed by atoms with van der Waals surface area (Å²) >= 11 is 0. The van der Waals surface area contributed by atoms with Crippen LogP contribution in [0.3, 0.4) is 0 Å². The van der Waals surface area contributed by atoms with Gasteiger partial charge >= 0.3 is 0 Å². The van der Waals surface area contributed by atoms with Crippen molar-refractivity contribution in [3.05, 3.63) is 24.2 Å². The Balaban J connectivity index is 2.43. The molecule has 1 aromatic heterocycles. The quantitative estimate of drug-likeness (QED) is 0.645. The molecule has 0 bridgehead atoms. The number of aliphatic hydroxyl groups is 1. The maximum atomic E-state index is 11.0. The van der Waals surface area contributed by atoms with Crippen LogP contribution in [-0.4, -0.2) is 24.2 Å². The molecule has 4 heteroatoms. The highest BCUT2D eigenvalue weighted by atomic mass is 16.3. The molecule has 1 amide bonds. The summed E-state index contributed by atoms with van der Waals surface area (Å²) < 4.78 is 4.69. The number of rotatable bonds is 3. The number of hydrogen-bond acceptors (Lipinski definition) is 3. The van der Waals surface area contributed by atoms with E-state index in [4.69, 9.17) is 9.52 Å². The van der Waals surface area contributed by atoms with Crippen molar-refractivity contribution < 1.29 is 14.3 Å². The van der Waals surface area contributed by atoms with E-state index in [9.17, 15) is 4.79 Å². The van der Waals surface area contributed by atoms with Gasteiger partial charge in [0.05, 0.1) is 18.4 Å². The SMILES string of the molecule is O=C(NCCO)c1ccoc1. The second-order valence-corrected chi connectivity index (χ2v) is 1.99. The van der Waals surface area contributed by atoms with Gasteiger partial charge in [-0.3, -0.25) is 4.79 Å². The van der Waals surface area contributed by atoms with Crippen LogP contribution in [0.1, 0.15) is 10.4 Å². The Morgan fingerprint density at radius 1 is 1.73 bits per heavy atom. The van der Waals surface area contributed by atoms with Crippen molar-refractivity contribution in [3.63, 3.8) is 0 Å². The molecule has 60 valence electrons. The standard InChI is InChI=1S/C7H9NO3/c9-3-2-8-7(10)6-1-4-11-5-6/h1,4-5,9H,2-3H2,(H,8,10). The molecule has 0 aromatic carbocycles. The van der Waals surface area contributed by atoms with Gasteiger partial charge in [-0.2, -0.15) is 0 Å². The van der Waals surface area contributed by atoms with Gasteiger partial charge in [-0.05, 0) is 6.07 Å². The second kappa shape index (κ2) is 3.78. The molecule has 0 fully saturated rings. The molecule has 0 aliphatic heterocycles. The molecule has 0 radical (unpaired) electrons. The Morgan fingerprint density at radius 2 is 2.55 bits per heavy atom. The average molecular weight is 155 g/mol. The third kappa shape index (κ3) is 2.09. The van der Waals surface area contributed by atoms with Gasteiger partial charge in [0.2, 0.25) is 0 Å². The summed E-state index contributed by atoms with van der Waals surface area (Å²) in [5.74, 6) is -0.229. The minimum atomic E-state index is -0.229. The van der Waals surface area contributed by atoms with E-state index in [1.54, 1.807) is 6.07 Å². The number of hydrogen-bond donors (Lipinski definition) is 2. The Bertz CT molecular complexity index is 218. The third-order valence-electron chi connectivity index (χ3n) is 1.18. The number of carbonyl (C=O) groups excluding carboxylic acids is 1. The van der Waals surface area contributed by atoms with Crippen LogP contribution in [0.25, 0.3) is 0 Å². The monoisotopic (exact) mass is 155 g/mol. The Morgan fingerprint density at radius 3 is 3.09 bits per heavy atom. The Kier molecular flexibility index (Phi) is 2.68. The van der Waals surface area contributed by atoms with Gasteiger partial charge < -0.3 is 14.8 Å². The van der Waals surface area contributed by atoms with Crippen molar-refractivity contribution in [3.8, 4) is 0 Å². The summed E-state index contributed by atoms with van der Waals surface area (Å²) in [4.78, 5) is 11.0. The summed E-state index contributed by atoms with van der Waals surface area (Å²) in [7, 11) is 0. The Hall–Kier alpha value is -1.29. The molecule has 0 saturated heterocycles. The summed E-state index contributed by atoms with van der Waals surface area (Å²) in [5, 5.41) is 10.9. The van der Waals surface area contributed by atoms with Gasteiger partial charge in [0.1, 0.15) is 6.26 Å².